The number of hydrogen-bond donors (Lipinski definition) is 4. The fourth-order valence-corrected chi connectivity index (χ4v) is 0.563. The first-order valence-corrected chi connectivity index (χ1v) is 2.94. The molecular formula is C4H8N8. The molecule has 0 amide bonds. The van der Waals surface area contributed by atoms with Crippen LogP contribution in [0.5, 0.6) is 0 Å². The van der Waals surface area contributed by atoms with Gasteiger partial charge < -0.3 is 22.9 Å². The number of aromatic nitrogens is 3. The van der Waals surface area contributed by atoms with E-state index in [9.17, 15) is 0 Å². The first kappa shape index (κ1) is 7.98. The Morgan fingerprint density at radius 1 is 1.00 bits per heavy atom. The number of hydrogen-bond acceptors (Lipinski definition) is 6. The van der Waals surface area contributed by atoms with Crippen LogP contribution in [-0.2, 0) is 0 Å². The lowest BCUT2D eigenvalue weighted by Gasteiger charge is -1.96. The van der Waals surface area contributed by atoms with Gasteiger partial charge in [-0.1, -0.05) is 0 Å². The maximum atomic E-state index is 5.24. The summed E-state index contributed by atoms with van der Waals surface area (Å²) in [6, 6.07) is 0. The summed E-state index contributed by atoms with van der Waals surface area (Å²) in [5.41, 5.74) is 20.6. The lowest BCUT2D eigenvalue weighted by Crippen LogP contribution is -2.22. The Balaban J connectivity index is 3.09. The molecule has 0 atom stereocenters. The zero-order valence-corrected chi connectivity index (χ0v) is 6.10. The van der Waals surface area contributed by atoms with Crippen LogP contribution in [0, 0.1) is 0 Å². The first-order chi connectivity index (χ1) is 5.58. The Morgan fingerprint density at radius 2 is 1.50 bits per heavy atom. The number of nitrogens with zero attached hydrogens (tertiary/aromatic N) is 4. The minimum atomic E-state index is -0.167. The third kappa shape index (κ3) is 1.94. The molecule has 1 rings (SSSR count). The van der Waals surface area contributed by atoms with Crippen LogP contribution in [0.3, 0.4) is 0 Å². The third-order valence-corrected chi connectivity index (χ3v) is 0.887. The van der Waals surface area contributed by atoms with Gasteiger partial charge in [-0.05, 0) is 0 Å². The smallest absolute Gasteiger partial charge is 0.259 e. The molecule has 1 aromatic rings. The van der Waals surface area contributed by atoms with Gasteiger partial charge in [-0.15, -0.1) is 0 Å². The monoisotopic (exact) mass is 172 g/mol. The number of nitrogens with two attached hydrogens (primary N) is 4. The summed E-state index contributed by atoms with van der Waals surface area (Å²) < 4.78 is 0. The Hall–Kier alpha value is -2.12. The Bertz CT molecular complexity index is 293. The average Bonchev–Trinajstić information content (AvgIpc) is 1.81. The highest BCUT2D eigenvalue weighted by Gasteiger charge is 1.98. The van der Waals surface area contributed by atoms with Crippen LogP contribution >= 0.6 is 0 Å². The van der Waals surface area contributed by atoms with Crippen LogP contribution in [-0.4, -0.2) is 20.9 Å². The van der Waals surface area contributed by atoms with Gasteiger partial charge in [0.2, 0.25) is 11.9 Å². The van der Waals surface area contributed by atoms with Gasteiger partial charge in [-0.3, -0.25) is 0 Å². The number of aliphatic imine (C=N–C) groups is 1. The zero-order chi connectivity index (χ0) is 9.14. The van der Waals surface area contributed by atoms with Gasteiger partial charge >= 0.3 is 0 Å². The molecule has 1 aromatic heterocycles. The summed E-state index contributed by atoms with van der Waals surface area (Å²) >= 11 is 0. The molecule has 0 bridgehead atoms. The van der Waals surface area contributed by atoms with Crippen LogP contribution < -0.4 is 22.9 Å². The van der Waals surface area contributed by atoms with Gasteiger partial charge in [0.25, 0.3) is 5.95 Å². The van der Waals surface area contributed by atoms with Crippen molar-refractivity contribution in [3.8, 4) is 0 Å². The van der Waals surface area contributed by atoms with Crippen LogP contribution in [0.4, 0.5) is 17.8 Å². The van der Waals surface area contributed by atoms with E-state index in [1.165, 1.54) is 0 Å². The SMILES string of the molecule is N[13C](N)=N[13c]1n[13c](N)n[13c](N)n1. The van der Waals surface area contributed by atoms with Crippen LogP contribution in [0.1, 0.15) is 0 Å². The van der Waals surface area contributed by atoms with Crippen molar-refractivity contribution >= 4 is 23.8 Å². The molecule has 0 aliphatic carbocycles. The lowest BCUT2D eigenvalue weighted by molar-refractivity contribution is 1.06. The predicted molar refractivity (Wildman–Crippen MR) is 44.1 cm³/mol. The first-order valence-electron chi connectivity index (χ1n) is 2.94. The molecule has 0 radical (unpaired) electrons. The molecule has 0 saturated carbocycles. The second-order valence-electron chi connectivity index (χ2n) is 1.89. The molecule has 12 heavy (non-hydrogen) atoms. The largest absolute Gasteiger partial charge is 0.370 e. The number of guanidine groups is 1. The topological polar surface area (TPSA) is 155 Å². The van der Waals surface area contributed by atoms with Crippen molar-refractivity contribution in [3.05, 3.63) is 0 Å². The number of nitrogen functional groups attached to an aromatic ring is 2. The molecule has 64 valence electrons. The third-order valence-electron chi connectivity index (χ3n) is 0.887. The Kier molecular flexibility index (Phi) is 1.90. The van der Waals surface area contributed by atoms with Crippen molar-refractivity contribution in [2.24, 2.45) is 16.5 Å². The summed E-state index contributed by atoms with van der Waals surface area (Å²) in [6.45, 7) is 0. The van der Waals surface area contributed by atoms with E-state index in [1.54, 1.807) is 0 Å². The van der Waals surface area contributed by atoms with Gasteiger partial charge in [0.1, 0.15) is 0 Å². The van der Waals surface area contributed by atoms with Gasteiger partial charge in [-0.25, -0.2) is 0 Å². The quantitative estimate of drug-likeness (QED) is 0.215. The molecule has 8 heteroatoms. The highest BCUT2D eigenvalue weighted by Crippen LogP contribution is 2.05. The molecule has 8 nitrogen and oxygen atoms in total. The fourth-order valence-electron chi connectivity index (χ4n) is 0.563. The number of rotatable bonds is 1. The molecule has 1 heterocycles. The maximum absolute atomic E-state index is 5.24. The molecule has 0 saturated heterocycles. The van der Waals surface area contributed by atoms with Crippen LogP contribution in [0.2, 0.25) is 0 Å². The molecule has 0 fully saturated rings. The standard InChI is InChI=1S/C4H8N8/c5-1(6)9-4-11-2(7)10-3(8)12-4/h(H8,5,6,7,8,9,10,11,12)/i1+1,2+1,3+1,4+1. The van der Waals surface area contributed by atoms with Gasteiger partial charge in [0, 0.05) is 0 Å². The van der Waals surface area contributed by atoms with E-state index in [4.69, 9.17) is 22.9 Å². The van der Waals surface area contributed by atoms with E-state index >= 15 is 0 Å². The summed E-state index contributed by atoms with van der Waals surface area (Å²) in [4.78, 5) is 14.3. The molecule has 0 unspecified atom stereocenters. The van der Waals surface area contributed by atoms with Crippen molar-refractivity contribution in [2.45, 2.75) is 0 Å². The van der Waals surface area contributed by atoms with Crippen molar-refractivity contribution in [1.82, 2.24) is 15.0 Å². The Morgan fingerprint density at radius 3 is 1.92 bits per heavy atom. The van der Waals surface area contributed by atoms with E-state index < -0.39 is 0 Å². The van der Waals surface area contributed by atoms with E-state index in [0.717, 1.165) is 0 Å². The normalized spacial score (nSPS) is 9.33. The fraction of sp³-hybridized carbons (Fsp3) is 0. The van der Waals surface area contributed by atoms with Crippen molar-refractivity contribution in [1.29, 1.82) is 0 Å². The van der Waals surface area contributed by atoms with Gasteiger partial charge in [0.15, 0.2) is 5.96 Å². The second kappa shape index (κ2) is 2.86. The van der Waals surface area contributed by atoms with Crippen LogP contribution in [0.15, 0.2) is 4.99 Å². The van der Waals surface area contributed by atoms with Gasteiger partial charge in [-0.2, -0.15) is 19.9 Å². The van der Waals surface area contributed by atoms with E-state index in [2.05, 4.69) is 19.9 Å². The lowest BCUT2D eigenvalue weighted by atomic mass is 11.5. The predicted octanol–water partition coefficient (Wildman–Crippen LogP) is -2.06. The summed E-state index contributed by atoms with van der Waals surface area (Å²) in [7, 11) is 0. The molecule has 0 aliphatic heterocycles. The maximum Gasteiger partial charge on any atom is 0.259 e. The van der Waals surface area contributed by atoms with E-state index in [1.807, 2.05) is 0 Å². The van der Waals surface area contributed by atoms with Crippen molar-refractivity contribution in [2.75, 3.05) is 11.5 Å². The molecule has 0 aromatic carbocycles. The van der Waals surface area contributed by atoms with Crippen molar-refractivity contribution in [3.63, 3.8) is 0 Å². The zero-order valence-electron chi connectivity index (χ0n) is 6.10. The minimum Gasteiger partial charge on any atom is -0.370 e. The molecule has 8 N–H and O–H groups in total. The summed E-state index contributed by atoms with van der Waals surface area (Å²) in [6.07, 6.45) is 0. The second-order valence-corrected chi connectivity index (χ2v) is 1.89. The molecular weight excluding hydrogens is 164 g/mol. The van der Waals surface area contributed by atoms with E-state index in [0.29, 0.717) is 0 Å². The summed E-state index contributed by atoms with van der Waals surface area (Å²) in [5.74, 6) is -0.218. The Labute approximate surface area is 67.7 Å². The van der Waals surface area contributed by atoms with Crippen molar-refractivity contribution < 1.29 is 0 Å². The number of anilines is 2. The van der Waals surface area contributed by atoms with Crippen LogP contribution in [0.25, 0.3) is 0 Å². The molecule has 0 spiro atoms. The van der Waals surface area contributed by atoms with E-state index in [-0.39, 0.29) is 23.8 Å². The highest BCUT2D eigenvalue weighted by molar-refractivity contribution is 5.78. The van der Waals surface area contributed by atoms with Gasteiger partial charge in [0.05, 0.1) is 0 Å². The minimum absolute atomic E-state index is 0.000000000000000444. The highest BCUT2D eigenvalue weighted by atomic mass is 15.5. The summed E-state index contributed by atoms with van der Waals surface area (Å²) in [5, 5.41) is 0. The average molecular weight is 172 g/mol. The molecule has 0 aliphatic rings.